The van der Waals surface area contributed by atoms with Crippen LogP contribution in [0.2, 0.25) is 0 Å². The number of para-hydroxylation sites is 1. The van der Waals surface area contributed by atoms with Crippen LogP contribution >= 0.6 is 23.1 Å². The van der Waals surface area contributed by atoms with Crippen LogP contribution in [0, 0.1) is 0 Å². The van der Waals surface area contributed by atoms with E-state index in [0.717, 1.165) is 47.1 Å². The Morgan fingerprint density at radius 1 is 1.07 bits per heavy atom. The lowest BCUT2D eigenvalue weighted by Crippen LogP contribution is -2.38. The number of carbonyl (C=O) groups excluding carboxylic acids is 2. The molecule has 1 aliphatic heterocycles. The lowest BCUT2D eigenvalue weighted by molar-refractivity contribution is -0.129. The molecule has 2 heterocycles. The van der Waals surface area contributed by atoms with Gasteiger partial charge < -0.3 is 10.2 Å². The normalized spacial score (nSPS) is 13.8. The van der Waals surface area contributed by atoms with Crippen molar-refractivity contribution in [2.45, 2.75) is 22.9 Å². The minimum atomic E-state index is -0.210. The third kappa shape index (κ3) is 4.54. The van der Waals surface area contributed by atoms with Crippen molar-refractivity contribution in [2.75, 3.05) is 19.6 Å². The van der Waals surface area contributed by atoms with E-state index in [9.17, 15) is 9.59 Å². The quantitative estimate of drug-likeness (QED) is 0.624. The van der Waals surface area contributed by atoms with Gasteiger partial charge in [-0.2, -0.15) is 0 Å². The first-order chi connectivity index (χ1) is 13.7. The predicted molar refractivity (Wildman–Crippen MR) is 114 cm³/mol. The molecular weight excluding hydrogens is 390 g/mol. The van der Waals surface area contributed by atoms with Crippen LogP contribution in [0.4, 0.5) is 0 Å². The molecule has 0 aliphatic carbocycles. The van der Waals surface area contributed by atoms with Crippen molar-refractivity contribution in [3.8, 4) is 0 Å². The molecule has 0 saturated carbocycles. The van der Waals surface area contributed by atoms with Crippen molar-refractivity contribution in [3.63, 3.8) is 0 Å². The van der Waals surface area contributed by atoms with Gasteiger partial charge in [0, 0.05) is 24.4 Å². The van der Waals surface area contributed by atoms with Gasteiger partial charge in [0.2, 0.25) is 5.91 Å². The number of benzene rings is 2. The molecule has 7 heteroatoms. The summed E-state index contributed by atoms with van der Waals surface area (Å²) in [6, 6.07) is 15.7. The average molecular weight is 412 g/mol. The number of amides is 2. The number of hydrogen-bond donors (Lipinski definition) is 1. The summed E-state index contributed by atoms with van der Waals surface area (Å²) < 4.78 is 2.24. The third-order valence-corrected chi connectivity index (χ3v) is 6.96. The average Bonchev–Trinajstić information content (AvgIpc) is 3.40. The van der Waals surface area contributed by atoms with Crippen LogP contribution < -0.4 is 5.32 Å². The van der Waals surface area contributed by atoms with Crippen molar-refractivity contribution >= 4 is 45.1 Å². The molecule has 1 saturated heterocycles. The van der Waals surface area contributed by atoms with Gasteiger partial charge in [0.25, 0.3) is 5.91 Å². The second-order valence-electron chi connectivity index (χ2n) is 6.70. The van der Waals surface area contributed by atoms with Crippen molar-refractivity contribution in [3.05, 3.63) is 59.7 Å². The third-order valence-electron chi connectivity index (χ3n) is 4.71. The van der Waals surface area contributed by atoms with E-state index in [4.69, 9.17) is 0 Å². The van der Waals surface area contributed by atoms with Crippen LogP contribution in [0.5, 0.6) is 0 Å². The van der Waals surface area contributed by atoms with Gasteiger partial charge in [-0.25, -0.2) is 4.98 Å². The first-order valence-electron chi connectivity index (χ1n) is 9.32. The molecule has 1 aliphatic rings. The highest BCUT2D eigenvalue weighted by molar-refractivity contribution is 8.00. The van der Waals surface area contributed by atoms with E-state index in [-0.39, 0.29) is 18.4 Å². The molecule has 28 heavy (non-hydrogen) atoms. The molecule has 0 spiro atoms. The number of hydrogen-bond acceptors (Lipinski definition) is 5. The molecule has 1 fully saturated rings. The molecule has 0 atom stereocenters. The standard InChI is InChI=1S/C21H21N3O2S2/c25-19(24-11-3-4-12-24)13-22-20(26)16-9-7-15(8-10-16)14-27-21-23-17-5-1-2-6-18(17)28-21/h1-2,5-10H,3-4,11-14H2,(H,22,26). The number of aromatic nitrogens is 1. The number of thioether (sulfide) groups is 1. The minimum absolute atomic E-state index is 0.00490. The van der Waals surface area contributed by atoms with E-state index in [1.54, 1.807) is 23.1 Å². The molecule has 0 unspecified atom stereocenters. The van der Waals surface area contributed by atoms with Crippen molar-refractivity contribution in [1.29, 1.82) is 0 Å². The summed E-state index contributed by atoms with van der Waals surface area (Å²) >= 11 is 3.39. The van der Waals surface area contributed by atoms with E-state index in [0.29, 0.717) is 5.56 Å². The number of rotatable bonds is 6. The summed E-state index contributed by atoms with van der Waals surface area (Å²) in [5.74, 6) is 0.586. The Kier molecular flexibility index (Phi) is 5.92. The monoisotopic (exact) mass is 411 g/mol. The predicted octanol–water partition coefficient (Wildman–Crippen LogP) is 3.94. The van der Waals surface area contributed by atoms with Gasteiger partial charge in [-0.3, -0.25) is 9.59 Å². The van der Waals surface area contributed by atoms with Crippen LogP contribution in [0.25, 0.3) is 10.2 Å². The van der Waals surface area contributed by atoms with Crippen LogP contribution in [0.3, 0.4) is 0 Å². The largest absolute Gasteiger partial charge is 0.343 e. The number of nitrogens with zero attached hydrogens (tertiary/aromatic N) is 2. The molecule has 2 aromatic carbocycles. The topological polar surface area (TPSA) is 62.3 Å². The first-order valence-corrected chi connectivity index (χ1v) is 11.1. The number of thiazole rings is 1. The highest BCUT2D eigenvalue weighted by Crippen LogP contribution is 2.31. The number of carbonyl (C=O) groups is 2. The smallest absolute Gasteiger partial charge is 0.251 e. The molecule has 3 aromatic rings. The highest BCUT2D eigenvalue weighted by atomic mass is 32.2. The zero-order valence-electron chi connectivity index (χ0n) is 15.4. The van der Waals surface area contributed by atoms with Crippen LogP contribution in [0.15, 0.2) is 52.9 Å². The summed E-state index contributed by atoms with van der Waals surface area (Å²) in [4.78, 5) is 30.7. The SMILES string of the molecule is O=C(NCC(=O)N1CCCC1)c1ccc(CSc2nc3ccccc3s2)cc1. The number of nitrogens with one attached hydrogen (secondary N) is 1. The van der Waals surface area contributed by atoms with Crippen LogP contribution in [-0.4, -0.2) is 41.3 Å². The zero-order valence-corrected chi connectivity index (χ0v) is 17.0. The molecule has 4 rings (SSSR count). The van der Waals surface area contributed by atoms with E-state index >= 15 is 0 Å². The lowest BCUT2D eigenvalue weighted by Gasteiger charge is -2.15. The summed E-state index contributed by atoms with van der Waals surface area (Å²) in [6.45, 7) is 1.67. The highest BCUT2D eigenvalue weighted by Gasteiger charge is 2.18. The lowest BCUT2D eigenvalue weighted by atomic mass is 10.1. The Bertz CT molecular complexity index is 946. The van der Waals surface area contributed by atoms with E-state index in [1.165, 1.54) is 4.70 Å². The Morgan fingerprint density at radius 2 is 1.82 bits per heavy atom. The molecule has 144 valence electrons. The van der Waals surface area contributed by atoms with Crippen molar-refractivity contribution in [1.82, 2.24) is 15.2 Å². The van der Waals surface area contributed by atoms with Crippen molar-refractivity contribution in [2.24, 2.45) is 0 Å². The van der Waals surface area contributed by atoms with Gasteiger partial charge in [-0.1, -0.05) is 36.0 Å². The molecule has 1 N–H and O–H groups in total. The summed E-state index contributed by atoms with van der Waals surface area (Å²) in [5, 5.41) is 2.72. The van der Waals surface area contributed by atoms with Crippen LogP contribution in [-0.2, 0) is 10.5 Å². The Labute approximate surface area is 172 Å². The van der Waals surface area contributed by atoms with Gasteiger partial charge in [0.05, 0.1) is 16.8 Å². The summed E-state index contributed by atoms with van der Waals surface area (Å²) in [6.07, 6.45) is 2.10. The van der Waals surface area contributed by atoms with Gasteiger partial charge in [-0.05, 0) is 42.7 Å². The Hall–Kier alpha value is -2.38. The molecule has 2 amide bonds. The maximum Gasteiger partial charge on any atom is 0.251 e. The molecule has 0 radical (unpaired) electrons. The van der Waals surface area contributed by atoms with Gasteiger partial charge in [0.15, 0.2) is 4.34 Å². The van der Waals surface area contributed by atoms with E-state index in [1.807, 2.05) is 47.4 Å². The van der Waals surface area contributed by atoms with E-state index in [2.05, 4.69) is 16.4 Å². The second kappa shape index (κ2) is 8.75. The number of fused-ring (bicyclic) bond motifs is 1. The van der Waals surface area contributed by atoms with Crippen molar-refractivity contribution < 1.29 is 9.59 Å². The maximum absolute atomic E-state index is 12.3. The van der Waals surface area contributed by atoms with Gasteiger partial charge >= 0.3 is 0 Å². The maximum atomic E-state index is 12.3. The van der Waals surface area contributed by atoms with E-state index < -0.39 is 0 Å². The minimum Gasteiger partial charge on any atom is -0.343 e. The molecule has 1 aromatic heterocycles. The Morgan fingerprint density at radius 3 is 2.57 bits per heavy atom. The first kappa shape index (κ1) is 19.0. The molecular formula is C21H21N3O2S2. The number of likely N-dealkylation sites (tertiary alicyclic amines) is 1. The molecule has 5 nitrogen and oxygen atoms in total. The van der Waals surface area contributed by atoms with Crippen LogP contribution in [0.1, 0.15) is 28.8 Å². The fourth-order valence-corrected chi connectivity index (χ4v) is 5.17. The fourth-order valence-electron chi connectivity index (χ4n) is 3.15. The fraction of sp³-hybridized carbons (Fsp3) is 0.286. The summed E-state index contributed by atoms with van der Waals surface area (Å²) in [5.41, 5.74) is 2.74. The Balaban J connectivity index is 1.29. The van der Waals surface area contributed by atoms with Gasteiger partial charge in [-0.15, -0.1) is 11.3 Å². The zero-order chi connectivity index (χ0) is 19.3. The van der Waals surface area contributed by atoms with Gasteiger partial charge in [0.1, 0.15) is 0 Å². The molecule has 0 bridgehead atoms. The summed E-state index contributed by atoms with van der Waals surface area (Å²) in [7, 11) is 0. The second-order valence-corrected chi connectivity index (χ2v) is 8.96.